The van der Waals surface area contributed by atoms with E-state index >= 15 is 0 Å². The van der Waals surface area contributed by atoms with Crippen LogP contribution >= 0.6 is 11.6 Å². The Labute approximate surface area is 401 Å². The number of halogens is 1. The average molecular weight is 895 g/mol. The van der Waals surface area contributed by atoms with Crippen molar-refractivity contribution in [2.24, 2.45) is 0 Å². The molecule has 0 aliphatic rings. The van der Waals surface area contributed by atoms with Crippen LogP contribution in [0.2, 0.25) is 5.02 Å². The fourth-order valence-corrected chi connectivity index (χ4v) is 9.04. The molecule has 332 valence electrons. The Morgan fingerprint density at radius 3 is 1.13 bits per heavy atom. The summed E-state index contributed by atoms with van der Waals surface area (Å²) < 4.78 is 0. The van der Waals surface area contributed by atoms with Crippen LogP contribution in [-0.2, 0) is 10.8 Å². The SMILES string of the molecule is CC(C)(C)c1ccc(N(c2cc(O)cc(N(c3ccccc3)c3cccc(N(c4ccccc4)c4ccccc4)c3)c2Cl)c2c(-c3ccccc3)cc(C(C)(C)C)cc2-c2ccccc2)cc1. The fraction of sp³-hybridized carbons (Fsp3) is 0.129. The van der Waals surface area contributed by atoms with Gasteiger partial charge in [-0.2, -0.15) is 0 Å². The Hall–Kier alpha value is -7.53. The second-order valence-electron chi connectivity index (χ2n) is 19.0. The second-order valence-corrected chi connectivity index (χ2v) is 19.4. The standard InChI is InChI=1S/C62H56ClN3O/c1-61(2,3)46-35-37-51(38-36-46)66(60-55(44-23-12-7-13-24-44)39-47(62(4,5)6)40-56(60)45-25-14-8-15-26-45)58-43-54(67)42-57(59(58)63)65(50-31-20-11-21-32-50)53-34-22-33-52(41-53)64(48-27-16-9-17-28-48)49-29-18-10-19-30-49/h7-43,67H,1-6H3. The Bertz CT molecular complexity index is 2990. The molecule has 0 atom stereocenters. The summed E-state index contributed by atoms with van der Waals surface area (Å²) in [5.41, 5.74) is 14.3. The maximum atomic E-state index is 12.2. The highest BCUT2D eigenvalue weighted by Gasteiger charge is 2.30. The highest BCUT2D eigenvalue weighted by molar-refractivity contribution is 6.37. The van der Waals surface area contributed by atoms with Crippen LogP contribution in [0.4, 0.5) is 51.2 Å². The van der Waals surface area contributed by atoms with Crippen LogP contribution in [0.15, 0.2) is 224 Å². The van der Waals surface area contributed by atoms with Crippen molar-refractivity contribution in [1.82, 2.24) is 0 Å². The molecule has 4 nitrogen and oxygen atoms in total. The van der Waals surface area contributed by atoms with Crippen molar-refractivity contribution in [2.45, 2.75) is 52.4 Å². The van der Waals surface area contributed by atoms with Crippen molar-refractivity contribution in [2.75, 3.05) is 14.7 Å². The van der Waals surface area contributed by atoms with Crippen molar-refractivity contribution < 1.29 is 5.11 Å². The Morgan fingerprint density at radius 2 is 0.701 bits per heavy atom. The molecular formula is C62H56ClN3O. The number of nitrogens with zero attached hydrogens (tertiary/aromatic N) is 3. The third kappa shape index (κ3) is 9.45. The average Bonchev–Trinajstić information content (AvgIpc) is 3.34. The molecule has 0 saturated heterocycles. The van der Waals surface area contributed by atoms with Gasteiger partial charge in [-0.25, -0.2) is 0 Å². The molecule has 0 aliphatic heterocycles. The molecular weight excluding hydrogens is 838 g/mol. The van der Waals surface area contributed by atoms with E-state index in [9.17, 15) is 5.11 Å². The van der Waals surface area contributed by atoms with Gasteiger partial charge in [-0.3, -0.25) is 0 Å². The van der Waals surface area contributed by atoms with Gasteiger partial charge in [0.1, 0.15) is 5.75 Å². The number of phenolic OH excluding ortho intramolecular Hbond substituents is 1. The summed E-state index contributed by atoms with van der Waals surface area (Å²) in [6.45, 7) is 13.5. The molecule has 5 heteroatoms. The van der Waals surface area contributed by atoms with Crippen LogP contribution in [0.3, 0.4) is 0 Å². The lowest BCUT2D eigenvalue weighted by Crippen LogP contribution is -2.18. The molecule has 0 amide bonds. The smallest absolute Gasteiger partial charge is 0.119 e. The van der Waals surface area contributed by atoms with Gasteiger partial charge in [0.05, 0.1) is 22.1 Å². The van der Waals surface area contributed by atoms with Gasteiger partial charge in [-0.15, -0.1) is 0 Å². The van der Waals surface area contributed by atoms with E-state index in [0.717, 1.165) is 62.1 Å². The molecule has 0 radical (unpaired) electrons. The molecule has 9 aromatic carbocycles. The minimum absolute atomic E-state index is 0.0702. The zero-order valence-corrected chi connectivity index (χ0v) is 39.8. The summed E-state index contributed by atoms with van der Waals surface area (Å²) in [6.07, 6.45) is 0. The minimum Gasteiger partial charge on any atom is -0.508 e. The molecule has 0 unspecified atom stereocenters. The van der Waals surface area contributed by atoms with Crippen LogP contribution in [0.1, 0.15) is 52.7 Å². The number of hydrogen-bond donors (Lipinski definition) is 1. The number of hydrogen-bond acceptors (Lipinski definition) is 4. The summed E-state index contributed by atoms with van der Waals surface area (Å²) in [7, 11) is 0. The van der Waals surface area contributed by atoms with E-state index in [1.807, 2.05) is 30.3 Å². The maximum Gasteiger partial charge on any atom is 0.119 e. The van der Waals surface area contributed by atoms with E-state index in [4.69, 9.17) is 11.6 Å². The molecule has 1 N–H and O–H groups in total. The number of para-hydroxylation sites is 3. The van der Waals surface area contributed by atoms with Crippen molar-refractivity contribution in [3.05, 3.63) is 241 Å². The third-order valence-electron chi connectivity index (χ3n) is 12.3. The van der Waals surface area contributed by atoms with Gasteiger partial charge in [0.15, 0.2) is 0 Å². The zero-order chi connectivity index (χ0) is 46.7. The number of anilines is 9. The van der Waals surface area contributed by atoms with Gasteiger partial charge in [-0.1, -0.05) is 187 Å². The Morgan fingerprint density at radius 1 is 0.343 bits per heavy atom. The van der Waals surface area contributed by atoms with Gasteiger partial charge in [0, 0.05) is 57.4 Å². The summed E-state index contributed by atoms with van der Waals surface area (Å²) in [4.78, 5) is 6.65. The zero-order valence-electron chi connectivity index (χ0n) is 39.0. The third-order valence-corrected chi connectivity index (χ3v) is 12.6. The quantitative estimate of drug-likeness (QED) is 0.140. The molecule has 0 spiro atoms. The first-order valence-electron chi connectivity index (χ1n) is 22.9. The number of benzene rings is 9. The summed E-state index contributed by atoms with van der Waals surface area (Å²) in [5, 5.41) is 12.7. The van der Waals surface area contributed by atoms with Gasteiger partial charge >= 0.3 is 0 Å². The topological polar surface area (TPSA) is 30.0 Å². The lowest BCUT2D eigenvalue weighted by Gasteiger charge is -2.35. The first kappa shape index (κ1) is 44.7. The van der Waals surface area contributed by atoms with E-state index in [1.165, 1.54) is 11.1 Å². The second kappa shape index (κ2) is 18.8. The van der Waals surface area contributed by atoms with E-state index in [2.05, 4.69) is 238 Å². The van der Waals surface area contributed by atoms with Crippen LogP contribution in [0.5, 0.6) is 5.75 Å². The molecule has 0 fully saturated rings. The lowest BCUT2D eigenvalue weighted by atomic mass is 9.82. The monoisotopic (exact) mass is 893 g/mol. The lowest BCUT2D eigenvalue weighted by molar-refractivity contribution is 0.475. The van der Waals surface area contributed by atoms with Crippen LogP contribution in [0, 0.1) is 0 Å². The van der Waals surface area contributed by atoms with Crippen LogP contribution < -0.4 is 14.7 Å². The fourth-order valence-electron chi connectivity index (χ4n) is 8.77. The molecule has 0 heterocycles. The highest BCUT2D eigenvalue weighted by Crippen LogP contribution is 2.54. The molecule has 9 rings (SSSR count). The molecule has 67 heavy (non-hydrogen) atoms. The van der Waals surface area contributed by atoms with Gasteiger partial charge < -0.3 is 19.8 Å². The van der Waals surface area contributed by atoms with Gasteiger partial charge in [0.25, 0.3) is 0 Å². The number of rotatable bonds is 11. The van der Waals surface area contributed by atoms with E-state index < -0.39 is 0 Å². The number of aromatic hydroxyl groups is 1. The van der Waals surface area contributed by atoms with Crippen LogP contribution in [0.25, 0.3) is 22.3 Å². The Kier molecular flexibility index (Phi) is 12.5. The summed E-state index contributed by atoms with van der Waals surface area (Å²) >= 11 is 8.06. The van der Waals surface area contributed by atoms with Crippen molar-refractivity contribution in [3.63, 3.8) is 0 Å². The van der Waals surface area contributed by atoms with Gasteiger partial charge in [0.2, 0.25) is 0 Å². The summed E-state index contributed by atoms with van der Waals surface area (Å²) in [6, 6.07) is 77.7. The molecule has 0 saturated carbocycles. The maximum absolute atomic E-state index is 12.2. The summed E-state index contributed by atoms with van der Waals surface area (Å²) in [5.74, 6) is 0.0758. The van der Waals surface area contributed by atoms with E-state index in [-0.39, 0.29) is 16.6 Å². The van der Waals surface area contributed by atoms with E-state index in [1.54, 1.807) is 12.1 Å². The predicted molar refractivity (Wildman–Crippen MR) is 285 cm³/mol. The molecule has 0 aromatic heterocycles. The Balaban J connectivity index is 1.33. The van der Waals surface area contributed by atoms with E-state index in [0.29, 0.717) is 16.4 Å². The minimum atomic E-state index is -0.165. The first-order valence-corrected chi connectivity index (χ1v) is 23.3. The normalized spacial score (nSPS) is 11.6. The van der Waals surface area contributed by atoms with Crippen LogP contribution in [-0.4, -0.2) is 5.11 Å². The van der Waals surface area contributed by atoms with Crippen molar-refractivity contribution in [1.29, 1.82) is 0 Å². The molecule has 0 aliphatic carbocycles. The van der Waals surface area contributed by atoms with Gasteiger partial charge in [-0.05, 0) is 112 Å². The highest BCUT2D eigenvalue weighted by atomic mass is 35.5. The largest absolute Gasteiger partial charge is 0.508 e. The number of phenols is 1. The van der Waals surface area contributed by atoms with Crippen molar-refractivity contribution >= 4 is 62.8 Å². The first-order chi connectivity index (χ1) is 32.3. The molecule has 9 aromatic rings. The predicted octanol–water partition coefficient (Wildman–Crippen LogP) is 18.4. The van der Waals surface area contributed by atoms with Crippen molar-refractivity contribution in [3.8, 4) is 28.0 Å². The molecule has 0 bridgehead atoms.